The number of hydrogen-bond donors (Lipinski definition) is 1. The molecular weight excluding hydrogens is 230 g/mol. The summed E-state index contributed by atoms with van der Waals surface area (Å²) in [6, 6.07) is 0. The van der Waals surface area contributed by atoms with E-state index in [9.17, 15) is 0 Å². The van der Waals surface area contributed by atoms with E-state index < -0.39 is 0 Å². The van der Waals surface area contributed by atoms with Gasteiger partial charge >= 0.3 is 0 Å². The highest BCUT2D eigenvalue weighted by molar-refractivity contribution is 7.09. The van der Waals surface area contributed by atoms with Gasteiger partial charge in [0.1, 0.15) is 0 Å². The summed E-state index contributed by atoms with van der Waals surface area (Å²) in [5.74, 6) is 0.866. The first kappa shape index (κ1) is 13.0. The second kappa shape index (κ2) is 6.47. The Bertz CT molecular complexity index is 331. The van der Waals surface area contributed by atoms with Crippen LogP contribution in [-0.2, 0) is 13.0 Å². The lowest BCUT2D eigenvalue weighted by molar-refractivity contribution is 0.233. The van der Waals surface area contributed by atoms with Crippen LogP contribution in [0.2, 0.25) is 0 Å². The van der Waals surface area contributed by atoms with Gasteiger partial charge in [-0.2, -0.15) is 0 Å². The van der Waals surface area contributed by atoms with Gasteiger partial charge < -0.3 is 10.2 Å². The van der Waals surface area contributed by atoms with Crippen LogP contribution in [0.3, 0.4) is 0 Å². The number of thiazole rings is 1. The average molecular weight is 253 g/mol. The first-order valence-corrected chi connectivity index (χ1v) is 7.48. The third-order valence-electron chi connectivity index (χ3n) is 3.36. The minimum atomic E-state index is 0.866. The summed E-state index contributed by atoms with van der Waals surface area (Å²) < 4.78 is 0. The van der Waals surface area contributed by atoms with Crippen molar-refractivity contribution in [2.24, 2.45) is 5.92 Å². The molecule has 0 amide bonds. The van der Waals surface area contributed by atoms with Crippen LogP contribution in [0.1, 0.15) is 30.5 Å². The Balaban J connectivity index is 1.77. The number of rotatable bonds is 5. The second-order valence-corrected chi connectivity index (χ2v) is 5.92. The molecule has 17 heavy (non-hydrogen) atoms. The first-order chi connectivity index (χ1) is 8.28. The molecule has 96 valence electrons. The van der Waals surface area contributed by atoms with Crippen molar-refractivity contribution in [3.8, 4) is 0 Å². The molecule has 4 heteroatoms. The topological polar surface area (TPSA) is 28.2 Å². The van der Waals surface area contributed by atoms with Crippen molar-refractivity contribution in [3.63, 3.8) is 0 Å². The molecule has 1 aliphatic heterocycles. The van der Waals surface area contributed by atoms with Crippen LogP contribution in [0.5, 0.6) is 0 Å². The largest absolute Gasteiger partial charge is 0.317 e. The summed E-state index contributed by atoms with van der Waals surface area (Å²) in [5, 5.41) is 6.89. The van der Waals surface area contributed by atoms with E-state index in [1.54, 1.807) is 11.3 Å². The molecule has 0 saturated carbocycles. The maximum atomic E-state index is 4.63. The van der Waals surface area contributed by atoms with Crippen LogP contribution in [0.25, 0.3) is 0 Å². The van der Waals surface area contributed by atoms with E-state index in [0.717, 1.165) is 18.9 Å². The summed E-state index contributed by atoms with van der Waals surface area (Å²) in [6.45, 7) is 6.76. The molecule has 1 saturated heterocycles. The minimum absolute atomic E-state index is 0.866. The molecule has 0 aromatic carbocycles. The third-order valence-corrected chi connectivity index (χ3v) is 4.40. The van der Waals surface area contributed by atoms with E-state index in [1.165, 1.54) is 43.2 Å². The molecule has 1 N–H and O–H groups in total. The summed E-state index contributed by atoms with van der Waals surface area (Å²) >= 11 is 1.79. The van der Waals surface area contributed by atoms with Gasteiger partial charge in [0, 0.05) is 18.5 Å². The fourth-order valence-corrected chi connectivity index (χ4v) is 3.17. The van der Waals surface area contributed by atoms with Crippen LogP contribution in [0.4, 0.5) is 0 Å². The zero-order valence-electron chi connectivity index (χ0n) is 10.9. The zero-order valence-corrected chi connectivity index (χ0v) is 11.7. The van der Waals surface area contributed by atoms with Crippen LogP contribution < -0.4 is 5.32 Å². The predicted octanol–water partition coefficient (Wildman–Crippen LogP) is 2.14. The second-order valence-electron chi connectivity index (χ2n) is 4.98. The lowest BCUT2D eigenvalue weighted by Gasteiger charge is -2.27. The molecule has 0 radical (unpaired) electrons. The molecular formula is C13H23N3S. The minimum Gasteiger partial charge on any atom is -0.317 e. The Morgan fingerprint density at radius 2 is 2.24 bits per heavy atom. The van der Waals surface area contributed by atoms with Crippen molar-refractivity contribution < 1.29 is 0 Å². The molecule has 0 bridgehead atoms. The maximum absolute atomic E-state index is 4.63. The maximum Gasteiger partial charge on any atom is 0.0926 e. The quantitative estimate of drug-likeness (QED) is 0.871. The van der Waals surface area contributed by atoms with Crippen molar-refractivity contribution >= 4 is 11.3 Å². The smallest absolute Gasteiger partial charge is 0.0926 e. The molecule has 1 aromatic heterocycles. The molecule has 0 unspecified atom stereocenters. The normalized spacial score (nSPS) is 17.8. The number of nitrogens with one attached hydrogen (secondary N) is 1. The van der Waals surface area contributed by atoms with Crippen molar-refractivity contribution in [1.82, 2.24) is 15.2 Å². The first-order valence-electron chi connectivity index (χ1n) is 6.60. The average Bonchev–Trinajstić information content (AvgIpc) is 2.78. The van der Waals surface area contributed by atoms with E-state index in [1.807, 2.05) is 0 Å². The molecule has 0 atom stereocenters. The highest BCUT2D eigenvalue weighted by atomic mass is 32.1. The number of aromatic nitrogens is 1. The monoisotopic (exact) mass is 253 g/mol. The Morgan fingerprint density at radius 1 is 1.47 bits per heavy atom. The van der Waals surface area contributed by atoms with Crippen molar-refractivity contribution in [3.05, 3.63) is 16.1 Å². The molecule has 0 spiro atoms. The zero-order chi connectivity index (χ0) is 12.1. The highest BCUT2D eigenvalue weighted by Gasteiger charge is 2.15. The molecule has 1 aliphatic rings. The van der Waals surface area contributed by atoms with E-state index in [2.05, 4.69) is 34.6 Å². The van der Waals surface area contributed by atoms with Gasteiger partial charge in [-0.05, 0) is 45.3 Å². The summed E-state index contributed by atoms with van der Waals surface area (Å²) in [6.07, 6.45) is 3.70. The van der Waals surface area contributed by atoms with Gasteiger partial charge in [-0.1, -0.05) is 6.92 Å². The highest BCUT2D eigenvalue weighted by Crippen LogP contribution is 2.15. The predicted molar refractivity (Wildman–Crippen MR) is 73.4 cm³/mol. The number of nitrogens with zero attached hydrogens (tertiary/aromatic N) is 2. The molecule has 3 nitrogen and oxygen atoms in total. The van der Waals surface area contributed by atoms with Gasteiger partial charge in [0.05, 0.1) is 10.7 Å². The Kier molecular flexibility index (Phi) is 4.95. The third kappa shape index (κ3) is 4.05. The number of aryl methyl sites for hydroxylation is 1. The van der Waals surface area contributed by atoms with Crippen molar-refractivity contribution in [1.29, 1.82) is 0 Å². The van der Waals surface area contributed by atoms with Crippen LogP contribution in [0, 0.1) is 5.92 Å². The van der Waals surface area contributed by atoms with Crippen LogP contribution in [0.15, 0.2) is 5.38 Å². The summed E-state index contributed by atoms with van der Waals surface area (Å²) in [4.78, 5) is 7.05. The molecule has 2 heterocycles. The summed E-state index contributed by atoms with van der Waals surface area (Å²) in [7, 11) is 2.22. The lowest BCUT2D eigenvalue weighted by atomic mass is 9.98. The molecule has 0 aliphatic carbocycles. The van der Waals surface area contributed by atoms with Crippen molar-refractivity contribution in [2.75, 3.05) is 26.7 Å². The van der Waals surface area contributed by atoms with Gasteiger partial charge in [-0.3, -0.25) is 0 Å². The van der Waals surface area contributed by atoms with Gasteiger partial charge in [-0.15, -0.1) is 11.3 Å². The Hall–Kier alpha value is -0.450. The van der Waals surface area contributed by atoms with E-state index >= 15 is 0 Å². The van der Waals surface area contributed by atoms with Gasteiger partial charge in [-0.25, -0.2) is 4.98 Å². The van der Waals surface area contributed by atoms with E-state index in [-0.39, 0.29) is 0 Å². The van der Waals surface area contributed by atoms with E-state index in [0.29, 0.717) is 0 Å². The van der Waals surface area contributed by atoms with Gasteiger partial charge in [0.2, 0.25) is 0 Å². The number of hydrogen-bond acceptors (Lipinski definition) is 4. The fraction of sp³-hybridized carbons (Fsp3) is 0.769. The fourth-order valence-electron chi connectivity index (χ4n) is 2.43. The molecule has 2 rings (SSSR count). The van der Waals surface area contributed by atoms with Gasteiger partial charge in [0.25, 0.3) is 0 Å². The number of piperidine rings is 1. The summed E-state index contributed by atoms with van der Waals surface area (Å²) in [5.41, 5.74) is 1.24. The Morgan fingerprint density at radius 3 is 2.88 bits per heavy atom. The van der Waals surface area contributed by atoms with Crippen molar-refractivity contribution in [2.45, 2.75) is 32.7 Å². The SMILES string of the molecule is CCc1nc(CN(C)CC2CCNCC2)cs1. The standard InChI is InChI=1S/C13H23N3S/c1-3-13-15-12(10-17-13)9-16(2)8-11-4-6-14-7-5-11/h10-11,14H,3-9H2,1-2H3. The van der Waals surface area contributed by atoms with E-state index in [4.69, 9.17) is 0 Å². The van der Waals surface area contributed by atoms with Gasteiger partial charge in [0.15, 0.2) is 0 Å². The molecule has 1 fully saturated rings. The molecule has 1 aromatic rings. The van der Waals surface area contributed by atoms with Crippen LogP contribution >= 0.6 is 11.3 Å². The Labute approximate surface area is 108 Å². The van der Waals surface area contributed by atoms with Crippen LogP contribution in [-0.4, -0.2) is 36.6 Å². The lowest BCUT2D eigenvalue weighted by Crippen LogP contribution is -2.34.